The first kappa shape index (κ1) is 16.0. The minimum atomic E-state index is -0.621. The van der Waals surface area contributed by atoms with Crippen LogP contribution in [0.4, 0.5) is 11.4 Å². The lowest BCUT2D eigenvalue weighted by molar-refractivity contribution is -0.384. The summed E-state index contributed by atoms with van der Waals surface area (Å²) < 4.78 is 2.54. The first-order chi connectivity index (χ1) is 10.4. The number of phenols is 1. The van der Waals surface area contributed by atoms with Gasteiger partial charge >= 0.3 is 0 Å². The van der Waals surface area contributed by atoms with Crippen molar-refractivity contribution in [3.05, 3.63) is 44.7 Å². The molecule has 0 atom stereocenters. The van der Waals surface area contributed by atoms with E-state index >= 15 is 0 Å². The van der Waals surface area contributed by atoms with Crippen LogP contribution in [-0.2, 0) is 11.3 Å². The lowest BCUT2D eigenvalue weighted by Gasteiger charge is -2.08. The number of nitrogens with zero attached hydrogens (tertiary/aromatic N) is 3. The number of aromatic nitrogens is 2. The molecule has 22 heavy (non-hydrogen) atoms. The third kappa shape index (κ3) is 3.61. The summed E-state index contributed by atoms with van der Waals surface area (Å²) >= 11 is 3.33. The molecular formula is C13H13BrN4O4. The third-order valence-corrected chi connectivity index (χ3v) is 3.84. The molecule has 2 aromatic rings. The summed E-state index contributed by atoms with van der Waals surface area (Å²) in [6, 6.07) is 3.50. The van der Waals surface area contributed by atoms with E-state index in [4.69, 9.17) is 0 Å². The van der Waals surface area contributed by atoms with Crippen molar-refractivity contribution in [1.29, 1.82) is 0 Å². The van der Waals surface area contributed by atoms with Crippen LogP contribution in [0.5, 0.6) is 5.75 Å². The lowest BCUT2D eigenvalue weighted by Crippen LogP contribution is -2.15. The van der Waals surface area contributed by atoms with Crippen molar-refractivity contribution in [1.82, 2.24) is 9.78 Å². The number of hydrogen-bond acceptors (Lipinski definition) is 5. The van der Waals surface area contributed by atoms with Gasteiger partial charge in [-0.3, -0.25) is 19.6 Å². The Balaban J connectivity index is 1.97. The molecule has 2 N–H and O–H groups in total. The fourth-order valence-corrected chi connectivity index (χ4v) is 2.10. The van der Waals surface area contributed by atoms with Gasteiger partial charge in [-0.2, -0.15) is 5.10 Å². The average molecular weight is 369 g/mol. The highest BCUT2D eigenvalue weighted by molar-refractivity contribution is 9.10. The van der Waals surface area contributed by atoms with E-state index in [0.717, 1.165) is 16.2 Å². The van der Waals surface area contributed by atoms with Crippen molar-refractivity contribution >= 4 is 33.2 Å². The zero-order valence-corrected chi connectivity index (χ0v) is 13.2. The van der Waals surface area contributed by atoms with Crippen LogP contribution in [0.2, 0.25) is 0 Å². The van der Waals surface area contributed by atoms with Gasteiger partial charge in [0, 0.05) is 18.2 Å². The average Bonchev–Trinajstić information content (AvgIpc) is 2.78. The first-order valence-electron chi connectivity index (χ1n) is 6.33. The molecule has 0 saturated heterocycles. The van der Waals surface area contributed by atoms with E-state index < -0.39 is 4.92 Å². The minimum Gasteiger partial charge on any atom is -0.506 e. The normalized spacial score (nSPS) is 10.5. The van der Waals surface area contributed by atoms with Gasteiger partial charge in [0.2, 0.25) is 5.91 Å². The number of aromatic hydroxyl groups is 1. The van der Waals surface area contributed by atoms with E-state index in [1.807, 2.05) is 6.92 Å². The number of amides is 1. The molecule has 0 spiro atoms. The van der Waals surface area contributed by atoms with Crippen molar-refractivity contribution in [2.75, 3.05) is 5.32 Å². The van der Waals surface area contributed by atoms with E-state index in [1.54, 1.807) is 10.9 Å². The Bertz CT molecular complexity index is 729. The molecule has 2 rings (SSSR count). The van der Waals surface area contributed by atoms with Crippen LogP contribution in [0.3, 0.4) is 0 Å². The number of non-ortho nitro benzene ring substituents is 1. The molecule has 1 aromatic heterocycles. The molecule has 0 fully saturated rings. The topological polar surface area (TPSA) is 110 Å². The van der Waals surface area contributed by atoms with Gasteiger partial charge in [0.15, 0.2) is 0 Å². The van der Waals surface area contributed by atoms with E-state index in [9.17, 15) is 20.0 Å². The van der Waals surface area contributed by atoms with Crippen LogP contribution in [0, 0.1) is 17.0 Å². The highest BCUT2D eigenvalue weighted by Crippen LogP contribution is 2.27. The second-order valence-corrected chi connectivity index (χ2v) is 5.41. The predicted molar refractivity (Wildman–Crippen MR) is 82.7 cm³/mol. The van der Waals surface area contributed by atoms with Gasteiger partial charge in [-0.15, -0.1) is 0 Å². The fourth-order valence-electron chi connectivity index (χ4n) is 1.81. The summed E-state index contributed by atoms with van der Waals surface area (Å²) in [5.41, 5.74) is 0.799. The molecule has 1 heterocycles. The Hall–Kier alpha value is -2.42. The largest absolute Gasteiger partial charge is 0.506 e. The lowest BCUT2D eigenvalue weighted by atomic mass is 10.2. The molecule has 0 aliphatic heterocycles. The number of carbonyl (C=O) groups excluding carboxylic acids is 1. The van der Waals surface area contributed by atoms with Crippen LogP contribution >= 0.6 is 15.9 Å². The van der Waals surface area contributed by atoms with Gasteiger partial charge in [0.05, 0.1) is 33.9 Å². The molecule has 0 aliphatic carbocycles. The SMILES string of the molecule is Cc1c(Br)cnn1CCC(=O)Nc1ccc([N+](=O)[O-])cc1O. The van der Waals surface area contributed by atoms with Gasteiger partial charge in [-0.25, -0.2) is 0 Å². The van der Waals surface area contributed by atoms with Gasteiger partial charge in [-0.1, -0.05) is 0 Å². The van der Waals surface area contributed by atoms with Crippen molar-refractivity contribution in [2.24, 2.45) is 0 Å². The van der Waals surface area contributed by atoms with Crippen LogP contribution in [0.1, 0.15) is 12.1 Å². The number of halogens is 1. The van der Waals surface area contributed by atoms with Gasteiger partial charge < -0.3 is 10.4 Å². The maximum absolute atomic E-state index is 11.9. The predicted octanol–water partition coefficient (Wildman–Crippen LogP) is 2.60. The van der Waals surface area contributed by atoms with E-state index in [-0.39, 0.29) is 29.5 Å². The van der Waals surface area contributed by atoms with Crippen molar-refractivity contribution in [2.45, 2.75) is 19.9 Å². The van der Waals surface area contributed by atoms with Gasteiger partial charge in [0.25, 0.3) is 5.69 Å². The number of phenolic OH excluding ortho intramolecular Hbond substituents is 1. The second-order valence-electron chi connectivity index (χ2n) is 4.56. The molecule has 116 valence electrons. The maximum atomic E-state index is 11.9. The molecule has 1 aromatic carbocycles. The standard InChI is InChI=1S/C13H13BrN4O4/c1-8-10(14)7-15-17(8)5-4-13(20)16-11-3-2-9(18(21)22)6-12(11)19/h2-3,6-7,19H,4-5H2,1H3,(H,16,20). The summed E-state index contributed by atoms with van der Waals surface area (Å²) in [5, 5.41) is 26.9. The number of carbonyl (C=O) groups is 1. The number of rotatable bonds is 5. The molecule has 8 nitrogen and oxygen atoms in total. The highest BCUT2D eigenvalue weighted by Gasteiger charge is 2.12. The molecule has 0 unspecified atom stereocenters. The number of nitro groups is 1. The molecule has 0 saturated carbocycles. The Labute approximate surface area is 134 Å². The minimum absolute atomic E-state index is 0.133. The summed E-state index contributed by atoms with van der Waals surface area (Å²) in [5.74, 6) is -0.671. The molecule has 0 bridgehead atoms. The first-order valence-corrected chi connectivity index (χ1v) is 7.13. The quantitative estimate of drug-likeness (QED) is 0.478. The van der Waals surface area contributed by atoms with Crippen molar-refractivity contribution < 1.29 is 14.8 Å². The maximum Gasteiger partial charge on any atom is 0.273 e. The van der Waals surface area contributed by atoms with Crippen LogP contribution < -0.4 is 5.32 Å². The number of nitro benzene ring substituents is 1. The van der Waals surface area contributed by atoms with Crippen LogP contribution in [0.25, 0.3) is 0 Å². The van der Waals surface area contributed by atoms with E-state index in [1.165, 1.54) is 12.1 Å². The van der Waals surface area contributed by atoms with Gasteiger partial charge in [0.1, 0.15) is 5.75 Å². The number of nitrogens with one attached hydrogen (secondary N) is 1. The summed E-state index contributed by atoms with van der Waals surface area (Å²) in [6.07, 6.45) is 1.81. The van der Waals surface area contributed by atoms with Crippen molar-refractivity contribution in [3.63, 3.8) is 0 Å². The number of benzene rings is 1. The summed E-state index contributed by atoms with van der Waals surface area (Å²) in [4.78, 5) is 21.8. The van der Waals surface area contributed by atoms with Gasteiger partial charge in [-0.05, 0) is 28.9 Å². The number of aryl methyl sites for hydroxylation is 1. The molecule has 9 heteroatoms. The second kappa shape index (κ2) is 6.56. The van der Waals surface area contributed by atoms with Crippen LogP contribution in [-0.4, -0.2) is 25.7 Å². The summed E-state index contributed by atoms with van der Waals surface area (Å²) in [6.45, 7) is 2.26. The molecule has 0 radical (unpaired) electrons. The molecular weight excluding hydrogens is 356 g/mol. The van der Waals surface area contributed by atoms with Crippen LogP contribution in [0.15, 0.2) is 28.9 Å². The highest BCUT2D eigenvalue weighted by atomic mass is 79.9. The Kier molecular flexibility index (Phi) is 4.76. The third-order valence-electron chi connectivity index (χ3n) is 3.06. The number of hydrogen-bond donors (Lipinski definition) is 2. The van der Waals surface area contributed by atoms with E-state index in [0.29, 0.717) is 6.54 Å². The van der Waals surface area contributed by atoms with Crippen molar-refractivity contribution in [3.8, 4) is 5.75 Å². The van der Waals surface area contributed by atoms with E-state index in [2.05, 4.69) is 26.3 Å². The number of anilines is 1. The molecule has 0 aliphatic rings. The smallest absolute Gasteiger partial charge is 0.273 e. The summed E-state index contributed by atoms with van der Waals surface area (Å²) in [7, 11) is 0. The zero-order valence-electron chi connectivity index (χ0n) is 11.6. The fraction of sp³-hybridized carbons (Fsp3) is 0.231. The monoisotopic (exact) mass is 368 g/mol. The Morgan fingerprint density at radius 1 is 1.55 bits per heavy atom. The Morgan fingerprint density at radius 2 is 2.27 bits per heavy atom. The Morgan fingerprint density at radius 3 is 2.82 bits per heavy atom. The zero-order chi connectivity index (χ0) is 16.3. The molecule has 1 amide bonds.